The highest BCUT2D eigenvalue weighted by Gasteiger charge is 2.34. The molecule has 0 atom stereocenters. The molecule has 114 valence electrons. The number of halogens is 5. The van der Waals surface area contributed by atoms with E-state index in [2.05, 4.69) is 15.9 Å². The van der Waals surface area contributed by atoms with Gasteiger partial charge in [-0.05, 0) is 12.1 Å². The molecule has 0 aliphatic rings. The third-order valence-electron chi connectivity index (χ3n) is 2.57. The predicted molar refractivity (Wildman–Crippen MR) is 75.6 cm³/mol. The Balaban J connectivity index is 2.79. The Bertz CT molecular complexity index is 804. The van der Waals surface area contributed by atoms with E-state index in [9.17, 15) is 18.0 Å². The molecule has 0 bridgehead atoms. The Kier molecular flexibility index (Phi) is 4.44. The first kappa shape index (κ1) is 16.3. The molecule has 0 aliphatic carbocycles. The Hall–Kier alpha value is -2.04. The van der Waals surface area contributed by atoms with Gasteiger partial charge in [0.2, 0.25) is 0 Å². The average molecular weight is 348 g/mol. The SMILES string of the molecule is C#CCn1c(-c2cc(Cl)nc(Cl)c2)nc(C(F)(F)F)cc1=O. The van der Waals surface area contributed by atoms with E-state index in [0.29, 0.717) is 6.07 Å². The van der Waals surface area contributed by atoms with Crippen molar-refractivity contribution >= 4 is 23.2 Å². The molecule has 0 spiro atoms. The van der Waals surface area contributed by atoms with Crippen molar-refractivity contribution in [2.75, 3.05) is 0 Å². The van der Waals surface area contributed by atoms with E-state index in [1.807, 2.05) is 0 Å². The van der Waals surface area contributed by atoms with Gasteiger partial charge < -0.3 is 0 Å². The van der Waals surface area contributed by atoms with Crippen molar-refractivity contribution in [1.82, 2.24) is 14.5 Å². The maximum Gasteiger partial charge on any atom is 0.433 e. The first-order valence-corrected chi connectivity index (χ1v) is 6.44. The standard InChI is InChI=1S/C13H6Cl2F3N3O/c1-2-3-21-11(22)6-8(13(16,17)18)19-12(21)7-4-9(14)20-10(15)5-7/h1,4-6H,3H2. The molecule has 22 heavy (non-hydrogen) atoms. The summed E-state index contributed by atoms with van der Waals surface area (Å²) in [6, 6.07) is 2.86. The van der Waals surface area contributed by atoms with Crippen LogP contribution in [0.3, 0.4) is 0 Å². The van der Waals surface area contributed by atoms with Gasteiger partial charge in [-0.1, -0.05) is 29.1 Å². The van der Waals surface area contributed by atoms with Crippen molar-refractivity contribution in [2.24, 2.45) is 0 Å². The summed E-state index contributed by atoms with van der Waals surface area (Å²) < 4.78 is 39.4. The largest absolute Gasteiger partial charge is 0.433 e. The van der Waals surface area contributed by atoms with E-state index in [-0.39, 0.29) is 28.2 Å². The van der Waals surface area contributed by atoms with Crippen molar-refractivity contribution in [3.05, 3.63) is 44.6 Å². The molecular weight excluding hydrogens is 342 g/mol. The molecule has 0 N–H and O–H groups in total. The van der Waals surface area contributed by atoms with Gasteiger partial charge in [-0.3, -0.25) is 9.36 Å². The second-order valence-corrected chi connectivity index (χ2v) is 4.87. The number of nitrogens with zero attached hydrogens (tertiary/aromatic N) is 3. The monoisotopic (exact) mass is 347 g/mol. The van der Waals surface area contributed by atoms with Gasteiger partial charge in [0.05, 0.1) is 6.54 Å². The fourth-order valence-corrected chi connectivity index (χ4v) is 2.17. The number of alkyl halides is 3. The quantitative estimate of drug-likeness (QED) is 0.618. The van der Waals surface area contributed by atoms with Gasteiger partial charge in [0, 0.05) is 11.6 Å². The molecule has 0 aromatic carbocycles. The van der Waals surface area contributed by atoms with Gasteiger partial charge in [0.25, 0.3) is 5.56 Å². The molecule has 0 aliphatic heterocycles. The minimum absolute atomic E-state index is 0.0542. The molecule has 0 unspecified atom stereocenters. The smallest absolute Gasteiger partial charge is 0.281 e. The normalized spacial score (nSPS) is 11.3. The number of pyridine rings is 1. The van der Waals surface area contributed by atoms with Crippen molar-refractivity contribution in [3.8, 4) is 23.7 Å². The zero-order valence-electron chi connectivity index (χ0n) is 10.7. The van der Waals surface area contributed by atoms with Crippen molar-refractivity contribution in [2.45, 2.75) is 12.7 Å². The van der Waals surface area contributed by atoms with Crippen LogP contribution >= 0.6 is 23.2 Å². The molecule has 0 radical (unpaired) electrons. The Labute approximate surface area is 132 Å². The van der Waals surface area contributed by atoms with E-state index in [1.54, 1.807) is 0 Å². The zero-order chi connectivity index (χ0) is 16.5. The first-order valence-electron chi connectivity index (χ1n) is 5.68. The third kappa shape index (κ3) is 3.40. The topological polar surface area (TPSA) is 47.8 Å². The Morgan fingerprint density at radius 1 is 1.18 bits per heavy atom. The molecular formula is C13H6Cl2F3N3O. The van der Waals surface area contributed by atoms with Crippen molar-refractivity contribution < 1.29 is 13.2 Å². The van der Waals surface area contributed by atoms with Gasteiger partial charge in [0.15, 0.2) is 5.69 Å². The summed E-state index contributed by atoms with van der Waals surface area (Å²) in [5.74, 6) is 1.89. The van der Waals surface area contributed by atoms with E-state index in [0.717, 1.165) is 4.57 Å². The molecule has 9 heteroatoms. The second-order valence-electron chi connectivity index (χ2n) is 4.09. The zero-order valence-corrected chi connectivity index (χ0v) is 12.2. The highest BCUT2D eigenvalue weighted by atomic mass is 35.5. The fraction of sp³-hybridized carbons (Fsp3) is 0.154. The van der Waals surface area contributed by atoms with Crippen LogP contribution in [-0.4, -0.2) is 14.5 Å². The summed E-state index contributed by atoms with van der Waals surface area (Å²) in [7, 11) is 0. The lowest BCUT2D eigenvalue weighted by Crippen LogP contribution is -2.26. The van der Waals surface area contributed by atoms with Crippen LogP contribution in [0.4, 0.5) is 13.2 Å². The van der Waals surface area contributed by atoms with E-state index < -0.39 is 17.4 Å². The summed E-state index contributed by atoms with van der Waals surface area (Å²) in [5.41, 5.74) is -2.16. The first-order chi connectivity index (χ1) is 10.2. The molecule has 0 saturated heterocycles. The van der Waals surface area contributed by atoms with Crippen molar-refractivity contribution in [1.29, 1.82) is 0 Å². The van der Waals surface area contributed by atoms with Gasteiger partial charge >= 0.3 is 6.18 Å². The lowest BCUT2D eigenvalue weighted by molar-refractivity contribution is -0.141. The van der Waals surface area contributed by atoms with Crippen LogP contribution in [0, 0.1) is 12.3 Å². The number of rotatable bonds is 2. The van der Waals surface area contributed by atoms with E-state index >= 15 is 0 Å². The minimum atomic E-state index is -4.77. The summed E-state index contributed by atoms with van der Waals surface area (Å²) in [6.45, 7) is -0.253. The van der Waals surface area contributed by atoms with Gasteiger partial charge in [-0.15, -0.1) is 6.42 Å². The second kappa shape index (κ2) is 5.99. The molecule has 0 saturated carbocycles. The third-order valence-corrected chi connectivity index (χ3v) is 2.96. The van der Waals surface area contributed by atoms with Crippen molar-refractivity contribution in [3.63, 3.8) is 0 Å². The van der Waals surface area contributed by atoms with Crippen LogP contribution in [0.5, 0.6) is 0 Å². The molecule has 2 aromatic rings. The van der Waals surface area contributed by atoms with Gasteiger partial charge in [-0.25, -0.2) is 9.97 Å². The highest BCUT2D eigenvalue weighted by Crippen LogP contribution is 2.29. The Morgan fingerprint density at radius 3 is 2.27 bits per heavy atom. The number of hydrogen-bond acceptors (Lipinski definition) is 3. The maximum atomic E-state index is 12.8. The Morgan fingerprint density at radius 2 is 1.77 bits per heavy atom. The lowest BCUT2D eigenvalue weighted by Gasteiger charge is -2.13. The molecule has 2 aromatic heterocycles. The molecule has 2 rings (SSSR count). The van der Waals surface area contributed by atoms with Crippen LogP contribution < -0.4 is 5.56 Å². The summed E-state index contributed by atoms with van der Waals surface area (Å²) in [6.07, 6.45) is 0.362. The number of hydrogen-bond donors (Lipinski definition) is 0. The van der Waals surface area contributed by atoms with Gasteiger partial charge in [0.1, 0.15) is 16.1 Å². The van der Waals surface area contributed by atoms with Crippen LogP contribution in [0.25, 0.3) is 11.4 Å². The molecule has 0 amide bonds. The maximum absolute atomic E-state index is 12.8. The number of terminal acetylenes is 1. The summed E-state index contributed by atoms with van der Waals surface area (Å²) >= 11 is 11.5. The lowest BCUT2D eigenvalue weighted by atomic mass is 10.2. The van der Waals surface area contributed by atoms with E-state index in [1.165, 1.54) is 12.1 Å². The summed E-state index contributed by atoms with van der Waals surface area (Å²) in [5, 5.41) is -0.108. The highest BCUT2D eigenvalue weighted by molar-refractivity contribution is 6.32. The predicted octanol–water partition coefficient (Wildman–Crippen LogP) is 3.26. The van der Waals surface area contributed by atoms with Crippen LogP contribution in [0.15, 0.2) is 23.0 Å². The molecule has 4 nitrogen and oxygen atoms in total. The molecule has 0 fully saturated rings. The van der Waals surface area contributed by atoms with Gasteiger partial charge in [-0.2, -0.15) is 13.2 Å². The average Bonchev–Trinajstić information content (AvgIpc) is 2.38. The van der Waals surface area contributed by atoms with E-state index in [4.69, 9.17) is 29.6 Å². The number of aromatic nitrogens is 3. The summed E-state index contributed by atoms with van der Waals surface area (Å²) in [4.78, 5) is 19.0. The van der Waals surface area contributed by atoms with Crippen LogP contribution in [-0.2, 0) is 12.7 Å². The fourth-order valence-electron chi connectivity index (χ4n) is 1.71. The molecule has 2 heterocycles. The van der Waals surface area contributed by atoms with Crippen LogP contribution in [0.1, 0.15) is 5.69 Å². The minimum Gasteiger partial charge on any atom is -0.281 e. The van der Waals surface area contributed by atoms with Crippen LogP contribution in [0.2, 0.25) is 10.3 Å².